The second kappa shape index (κ2) is 5.77. The summed E-state index contributed by atoms with van der Waals surface area (Å²) in [5.74, 6) is 0. The van der Waals surface area contributed by atoms with E-state index in [1.54, 1.807) is 0 Å². The van der Waals surface area contributed by atoms with Crippen LogP contribution in [0.2, 0.25) is 5.02 Å². The second-order valence-electron chi connectivity index (χ2n) is 5.07. The van der Waals surface area contributed by atoms with Crippen molar-refractivity contribution >= 4 is 11.6 Å². The highest BCUT2D eigenvalue weighted by molar-refractivity contribution is 6.30. The fraction of sp³-hybridized carbons (Fsp3) is 0.294. The highest BCUT2D eigenvalue weighted by atomic mass is 35.5. The van der Waals surface area contributed by atoms with E-state index in [2.05, 4.69) is 50.4 Å². The summed E-state index contributed by atoms with van der Waals surface area (Å²) < 4.78 is 0. The topological polar surface area (TPSA) is 12.0 Å². The average molecular weight is 274 g/mol. The first-order valence-electron chi connectivity index (χ1n) is 6.53. The van der Waals surface area contributed by atoms with E-state index in [0.29, 0.717) is 0 Å². The van der Waals surface area contributed by atoms with Crippen molar-refractivity contribution in [1.82, 2.24) is 5.32 Å². The molecule has 2 rings (SSSR count). The van der Waals surface area contributed by atoms with Crippen LogP contribution in [0.4, 0.5) is 0 Å². The van der Waals surface area contributed by atoms with Crippen LogP contribution in [-0.4, -0.2) is 7.05 Å². The summed E-state index contributed by atoms with van der Waals surface area (Å²) in [7, 11) is 1.99. The van der Waals surface area contributed by atoms with Crippen molar-refractivity contribution in [3.8, 4) is 0 Å². The average Bonchev–Trinajstić information content (AvgIpc) is 2.38. The summed E-state index contributed by atoms with van der Waals surface area (Å²) in [6.45, 7) is 6.48. The Labute approximate surface area is 120 Å². The van der Waals surface area contributed by atoms with Gasteiger partial charge in [-0.25, -0.2) is 0 Å². The smallest absolute Gasteiger partial charge is 0.0577 e. The maximum absolute atomic E-state index is 5.96. The minimum absolute atomic E-state index is 0.205. The number of benzene rings is 2. The molecule has 2 aromatic carbocycles. The predicted molar refractivity (Wildman–Crippen MR) is 83.0 cm³/mol. The van der Waals surface area contributed by atoms with Crippen molar-refractivity contribution in [3.05, 3.63) is 69.2 Å². The van der Waals surface area contributed by atoms with Crippen molar-refractivity contribution in [1.29, 1.82) is 0 Å². The maximum Gasteiger partial charge on any atom is 0.0577 e. The third-order valence-electron chi connectivity index (χ3n) is 3.69. The molecule has 2 heteroatoms. The van der Waals surface area contributed by atoms with E-state index in [1.807, 2.05) is 19.2 Å². The molecule has 19 heavy (non-hydrogen) atoms. The standard InChI is InChI=1S/C17H20ClN/c1-11-9-13(3)16(10-12(11)2)17(19-4)14-5-7-15(18)8-6-14/h5-10,17,19H,1-4H3. The molecule has 1 unspecified atom stereocenters. The van der Waals surface area contributed by atoms with Gasteiger partial charge in [-0.2, -0.15) is 0 Å². The van der Waals surface area contributed by atoms with Crippen LogP contribution in [0.3, 0.4) is 0 Å². The van der Waals surface area contributed by atoms with Gasteiger partial charge in [0.1, 0.15) is 0 Å². The van der Waals surface area contributed by atoms with E-state index in [9.17, 15) is 0 Å². The van der Waals surface area contributed by atoms with Gasteiger partial charge >= 0.3 is 0 Å². The molecule has 2 aromatic rings. The van der Waals surface area contributed by atoms with Crippen LogP contribution < -0.4 is 5.32 Å². The zero-order chi connectivity index (χ0) is 14.0. The Morgan fingerprint density at radius 3 is 2.05 bits per heavy atom. The Hall–Kier alpha value is -1.31. The summed E-state index contributed by atoms with van der Waals surface area (Å²) in [5, 5.41) is 4.17. The summed E-state index contributed by atoms with van der Waals surface area (Å²) >= 11 is 5.96. The number of hydrogen-bond donors (Lipinski definition) is 1. The highest BCUT2D eigenvalue weighted by Gasteiger charge is 2.15. The van der Waals surface area contributed by atoms with Gasteiger partial charge in [0.15, 0.2) is 0 Å². The Balaban J connectivity index is 2.47. The van der Waals surface area contributed by atoms with Gasteiger partial charge in [-0.3, -0.25) is 0 Å². The van der Waals surface area contributed by atoms with Crippen molar-refractivity contribution in [2.75, 3.05) is 7.05 Å². The molecule has 0 aliphatic carbocycles. The van der Waals surface area contributed by atoms with Gasteiger partial charge in [0.05, 0.1) is 6.04 Å². The molecule has 100 valence electrons. The van der Waals surface area contributed by atoms with Crippen LogP contribution in [0, 0.1) is 20.8 Å². The first-order valence-corrected chi connectivity index (χ1v) is 6.91. The van der Waals surface area contributed by atoms with Gasteiger partial charge < -0.3 is 5.32 Å². The van der Waals surface area contributed by atoms with Crippen LogP contribution in [-0.2, 0) is 0 Å². The Bertz CT molecular complexity index is 573. The molecule has 1 N–H and O–H groups in total. The number of rotatable bonds is 3. The highest BCUT2D eigenvalue weighted by Crippen LogP contribution is 2.27. The zero-order valence-corrected chi connectivity index (χ0v) is 12.7. The molecule has 0 aromatic heterocycles. The Kier molecular flexibility index (Phi) is 4.28. The molecular formula is C17H20ClN. The van der Waals surface area contributed by atoms with E-state index in [4.69, 9.17) is 11.6 Å². The normalized spacial score (nSPS) is 12.5. The molecule has 1 atom stereocenters. The first-order chi connectivity index (χ1) is 9.02. The van der Waals surface area contributed by atoms with E-state index in [0.717, 1.165) is 5.02 Å². The van der Waals surface area contributed by atoms with Crippen LogP contribution >= 0.6 is 11.6 Å². The molecule has 0 aliphatic rings. The lowest BCUT2D eigenvalue weighted by atomic mass is 9.92. The minimum Gasteiger partial charge on any atom is -0.309 e. The van der Waals surface area contributed by atoms with Crippen LogP contribution in [0.5, 0.6) is 0 Å². The lowest BCUT2D eigenvalue weighted by Crippen LogP contribution is -2.19. The molecule has 1 nitrogen and oxygen atoms in total. The van der Waals surface area contributed by atoms with Crippen molar-refractivity contribution in [2.24, 2.45) is 0 Å². The summed E-state index contributed by atoms with van der Waals surface area (Å²) in [4.78, 5) is 0. The van der Waals surface area contributed by atoms with Gasteiger partial charge in [-0.05, 0) is 67.8 Å². The van der Waals surface area contributed by atoms with Gasteiger partial charge in [0.2, 0.25) is 0 Å². The molecular weight excluding hydrogens is 254 g/mol. The Morgan fingerprint density at radius 1 is 0.895 bits per heavy atom. The minimum atomic E-state index is 0.205. The van der Waals surface area contributed by atoms with E-state index in [-0.39, 0.29) is 6.04 Å². The largest absolute Gasteiger partial charge is 0.309 e. The fourth-order valence-electron chi connectivity index (χ4n) is 2.45. The summed E-state index contributed by atoms with van der Waals surface area (Å²) in [5.41, 5.74) is 6.55. The predicted octanol–water partition coefficient (Wildman–Crippen LogP) is 4.57. The third-order valence-corrected chi connectivity index (χ3v) is 3.94. The SMILES string of the molecule is CNC(c1ccc(Cl)cc1)c1cc(C)c(C)cc1C. The van der Waals surface area contributed by atoms with Gasteiger partial charge in [0, 0.05) is 5.02 Å². The van der Waals surface area contributed by atoms with Crippen LogP contribution in [0.15, 0.2) is 36.4 Å². The number of aryl methyl sites for hydroxylation is 3. The van der Waals surface area contributed by atoms with E-state index >= 15 is 0 Å². The quantitative estimate of drug-likeness (QED) is 0.863. The molecule has 0 bridgehead atoms. The Morgan fingerprint density at radius 2 is 1.47 bits per heavy atom. The molecule has 0 amide bonds. The summed E-state index contributed by atoms with van der Waals surface area (Å²) in [6.07, 6.45) is 0. The van der Waals surface area contributed by atoms with Crippen LogP contribution in [0.25, 0.3) is 0 Å². The lowest BCUT2D eigenvalue weighted by Gasteiger charge is -2.21. The summed E-state index contributed by atoms with van der Waals surface area (Å²) in [6, 6.07) is 12.8. The monoisotopic (exact) mass is 273 g/mol. The molecule has 0 fully saturated rings. The number of hydrogen-bond acceptors (Lipinski definition) is 1. The molecule has 0 saturated carbocycles. The number of nitrogens with one attached hydrogen (secondary N) is 1. The van der Waals surface area contributed by atoms with Crippen molar-refractivity contribution in [2.45, 2.75) is 26.8 Å². The molecule has 0 radical (unpaired) electrons. The van der Waals surface area contributed by atoms with Crippen molar-refractivity contribution in [3.63, 3.8) is 0 Å². The molecule has 0 heterocycles. The molecule has 0 aliphatic heterocycles. The molecule has 0 saturated heterocycles. The second-order valence-corrected chi connectivity index (χ2v) is 5.50. The number of halogens is 1. The van der Waals surface area contributed by atoms with E-state index < -0.39 is 0 Å². The lowest BCUT2D eigenvalue weighted by molar-refractivity contribution is 0.686. The fourth-order valence-corrected chi connectivity index (χ4v) is 2.58. The molecule has 0 spiro atoms. The van der Waals surface area contributed by atoms with E-state index in [1.165, 1.54) is 27.8 Å². The van der Waals surface area contributed by atoms with Crippen LogP contribution in [0.1, 0.15) is 33.9 Å². The first kappa shape index (κ1) is 14.1. The maximum atomic E-state index is 5.96. The third kappa shape index (κ3) is 2.99. The van der Waals surface area contributed by atoms with Gasteiger partial charge in [0.25, 0.3) is 0 Å². The zero-order valence-electron chi connectivity index (χ0n) is 11.9. The van der Waals surface area contributed by atoms with Gasteiger partial charge in [-0.1, -0.05) is 35.9 Å². The van der Waals surface area contributed by atoms with Crippen molar-refractivity contribution < 1.29 is 0 Å². The van der Waals surface area contributed by atoms with Gasteiger partial charge in [-0.15, -0.1) is 0 Å².